The molecule has 1 heterocycles. The SMILES string of the molecule is CCc1c(C2CCCCC2)oc2cc(O)ccc2c1=O. The highest BCUT2D eigenvalue weighted by atomic mass is 16.3. The van der Waals surface area contributed by atoms with Gasteiger partial charge in [-0.1, -0.05) is 26.2 Å². The maximum absolute atomic E-state index is 12.6. The van der Waals surface area contributed by atoms with Crippen molar-refractivity contribution in [3.8, 4) is 5.75 Å². The zero-order chi connectivity index (χ0) is 14.1. The van der Waals surface area contributed by atoms with Crippen LogP contribution in [0.5, 0.6) is 5.75 Å². The van der Waals surface area contributed by atoms with Crippen LogP contribution in [-0.2, 0) is 6.42 Å². The van der Waals surface area contributed by atoms with E-state index in [0.717, 1.165) is 24.2 Å². The molecule has 1 aromatic carbocycles. The van der Waals surface area contributed by atoms with Gasteiger partial charge in [0.15, 0.2) is 5.43 Å². The smallest absolute Gasteiger partial charge is 0.196 e. The Kier molecular flexibility index (Phi) is 3.51. The number of benzene rings is 1. The molecule has 0 unspecified atom stereocenters. The number of hydrogen-bond acceptors (Lipinski definition) is 3. The molecular formula is C17H20O3. The summed E-state index contributed by atoms with van der Waals surface area (Å²) in [6, 6.07) is 4.74. The second-order valence-corrected chi connectivity index (χ2v) is 5.64. The predicted octanol–water partition coefficient (Wildman–Crippen LogP) is 4.11. The van der Waals surface area contributed by atoms with Crippen molar-refractivity contribution < 1.29 is 9.52 Å². The van der Waals surface area contributed by atoms with E-state index in [1.165, 1.54) is 19.3 Å². The van der Waals surface area contributed by atoms with Gasteiger partial charge in [-0.05, 0) is 31.4 Å². The minimum atomic E-state index is 0.0642. The lowest BCUT2D eigenvalue weighted by atomic mass is 9.85. The summed E-state index contributed by atoms with van der Waals surface area (Å²) < 4.78 is 6.02. The number of phenolic OH excluding ortho intramolecular Hbond substituents is 1. The van der Waals surface area contributed by atoms with E-state index in [9.17, 15) is 9.90 Å². The molecule has 0 bridgehead atoms. The second-order valence-electron chi connectivity index (χ2n) is 5.64. The standard InChI is InChI=1S/C17H20O3/c1-2-13-16(19)14-9-8-12(18)10-15(14)20-17(13)11-6-4-3-5-7-11/h8-11,18H,2-7H2,1H3. The summed E-state index contributed by atoms with van der Waals surface area (Å²) in [5.41, 5.74) is 1.39. The van der Waals surface area contributed by atoms with Gasteiger partial charge in [0.05, 0.1) is 5.39 Å². The van der Waals surface area contributed by atoms with Gasteiger partial charge in [-0.2, -0.15) is 0 Å². The third-order valence-corrected chi connectivity index (χ3v) is 4.33. The Morgan fingerprint density at radius 2 is 2.00 bits per heavy atom. The van der Waals surface area contributed by atoms with Gasteiger partial charge < -0.3 is 9.52 Å². The minimum Gasteiger partial charge on any atom is -0.508 e. The summed E-state index contributed by atoms with van der Waals surface area (Å²) >= 11 is 0. The van der Waals surface area contributed by atoms with Crippen LogP contribution in [0.1, 0.15) is 56.3 Å². The average molecular weight is 272 g/mol. The average Bonchev–Trinajstić information content (AvgIpc) is 2.47. The van der Waals surface area contributed by atoms with Crippen molar-refractivity contribution >= 4 is 11.0 Å². The lowest BCUT2D eigenvalue weighted by Crippen LogP contribution is -2.16. The summed E-state index contributed by atoms with van der Waals surface area (Å²) in [5.74, 6) is 1.35. The summed E-state index contributed by atoms with van der Waals surface area (Å²) in [7, 11) is 0. The molecule has 0 amide bonds. The molecule has 0 aliphatic heterocycles. The molecule has 1 aliphatic carbocycles. The molecule has 1 N–H and O–H groups in total. The highest BCUT2D eigenvalue weighted by Gasteiger charge is 2.23. The maximum atomic E-state index is 12.6. The Labute approximate surface area is 118 Å². The largest absolute Gasteiger partial charge is 0.508 e. The monoisotopic (exact) mass is 272 g/mol. The topological polar surface area (TPSA) is 50.4 Å². The van der Waals surface area contributed by atoms with E-state index in [1.54, 1.807) is 18.2 Å². The molecule has 0 radical (unpaired) electrons. The molecule has 0 spiro atoms. The molecule has 1 saturated carbocycles. The molecule has 3 heteroatoms. The van der Waals surface area contributed by atoms with E-state index >= 15 is 0 Å². The normalized spacial score (nSPS) is 16.6. The van der Waals surface area contributed by atoms with Crippen molar-refractivity contribution in [2.75, 3.05) is 0 Å². The molecule has 1 fully saturated rings. The number of rotatable bonds is 2. The molecule has 20 heavy (non-hydrogen) atoms. The number of hydrogen-bond donors (Lipinski definition) is 1. The van der Waals surface area contributed by atoms with Crippen LogP contribution in [0.25, 0.3) is 11.0 Å². The molecule has 106 valence electrons. The Morgan fingerprint density at radius 1 is 1.25 bits per heavy atom. The van der Waals surface area contributed by atoms with Gasteiger partial charge in [-0.15, -0.1) is 0 Å². The van der Waals surface area contributed by atoms with E-state index in [4.69, 9.17) is 4.42 Å². The van der Waals surface area contributed by atoms with Gasteiger partial charge in [0.2, 0.25) is 0 Å². The van der Waals surface area contributed by atoms with Crippen LogP contribution < -0.4 is 5.43 Å². The van der Waals surface area contributed by atoms with Gasteiger partial charge in [0.1, 0.15) is 17.1 Å². The molecule has 3 rings (SSSR count). The van der Waals surface area contributed by atoms with E-state index in [2.05, 4.69) is 0 Å². The second kappa shape index (κ2) is 5.31. The van der Waals surface area contributed by atoms with Crippen molar-refractivity contribution in [2.45, 2.75) is 51.4 Å². The first-order chi connectivity index (χ1) is 9.70. The van der Waals surface area contributed by atoms with Crippen molar-refractivity contribution in [3.05, 3.63) is 39.7 Å². The van der Waals surface area contributed by atoms with E-state index in [-0.39, 0.29) is 11.2 Å². The molecule has 1 aliphatic rings. The summed E-state index contributed by atoms with van der Waals surface area (Å²) in [6.07, 6.45) is 6.58. The van der Waals surface area contributed by atoms with Gasteiger partial charge in [-0.25, -0.2) is 0 Å². The first-order valence-corrected chi connectivity index (χ1v) is 7.49. The summed E-state index contributed by atoms with van der Waals surface area (Å²) in [5, 5.41) is 10.2. The Bertz CT molecular complexity index is 678. The molecular weight excluding hydrogens is 252 g/mol. The molecule has 2 aromatic rings. The van der Waals surface area contributed by atoms with Crippen LogP contribution >= 0.6 is 0 Å². The fourth-order valence-electron chi connectivity index (χ4n) is 3.27. The molecule has 0 atom stereocenters. The lowest BCUT2D eigenvalue weighted by Gasteiger charge is -2.22. The number of phenols is 1. The fraction of sp³-hybridized carbons (Fsp3) is 0.471. The van der Waals surface area contributed by atoms with Crippen LogP contribution in [0.2, 0.25) is 0 Å². The van der Waals surface area contributed by atoms with Gasteiger partial charge in [-0.3, -0.25) is 4.79 Å². The summed E-state index contributed by atoms with van der Waals surface area (Å²) in [4.78, 5) is 12.6. The van der Waals surface area contributed by atoms with E-state index in [1.807, 2.05) is 6.92 Å². The quantitative estimate of drug-likeness (QED) is 0.895. The molecule has 1 aromatic heterocycles. The lowest BCUT2D eigenvalue weighted by molar-refractivity contribution is 0.375. The van der Waals surface area contributed by atoms with Crippen molar-refractivity contribution in [2.24, 2.45) is 0 Å². The fourth-order valence-corrected chi connectivity index (χ4v) is 3.27. The van der Waals surface area contributed by atoms with Crippen LogP contribution in [0.3, 0.4) is 0 Å². The van der Waals surface area contributed by atoms with Crippen LogP contribution in [-0.4, -0.2) is 5.11 Å². The van der Waals surface area contributed by atoms with E-state index in [0.29, 0.717) is 23.3 Å². The summed E-state index contributed by atoms with van der Waals surface area (Å²) in [6.45, 7) is 2.00. The van der Waals surface area contributed by atoms with Gasteiger partial charge >= 0.3 is 0 Å². The first-order valence-electron chi connectivity index (χ1n) is 7.49. The van der Waals surface area contributed by atoms with Gasteiger partial charge in [0, 0.05) is 17.5 Å². The number of fused-ring (bicyclic) bond motifs is 1. The van der Waals surface area contributed by atoms with Crippen molar-refractivity contribution in [1.29, 1.82) is 0 Å². The third kappa shape index (κ3) is 2.21. The highest BCUT2D eigenvalue weighted by Crippen LogP contribution is 2.35. The van der Waals surface area contributed by atoms with Gasteiger partial charge in [0.25, 0.3) is 0 Å². The predicted molar refractivity (Wildman–Crippen MR) is 79.4 cm³/mol. The molecule has 0 saturated heterocycles. The van der Waals surface area contributed by atoms with Crippen molar-refractivity contribution in [1.82, 2.24) is 0 Å². The van der Waals surface area contributed by atoms with Crippen LogP contribution in [0.15, 0.2) is 27.4 Å². The minimum absolute atomic E-state index is 0.0642. The zero-order valence-electron chi connectivity index (χ0n) is 11.8. The molecule has 3 nitrogen and oxygen atoms in total. The maximum Gasteiger partial charge on any atom is 0.196 e. The number of aromatic hydroxyl groups is 1. The Hall–Kier alpha value is -1.77. The van der Waals surface area contributed by atoms with E-state index < -0.39 is 0 Å². The zero-order valence-corrected chi connectivity index (χ0v) is 11.8. The van der Waals surface area contributed by atoms with Crippen LogP contribution in [0.4, 0.5) is 0 Å². The van der Waals surface area contributed by atoms with Crippen LogP contribution in [0, 0.1) is 0 Å². The Balaban J connectivity index is 2.21. The Morgan fingerprint density at radius 3 is 2.70 bits per heavy atom. The highest BCUT2D eigenvalue weighted by molar-refractivity contribution is 5.78. The van der Waals surface area contributed by atoms with Crippen molar-refractivity contribution in [3.63, 3.8) is 0 Å². The first kappa shape index (κ1) is 13.2. The third-order valence-electron chi connectivity index (χ3n) is 4.33.